The molecule has 0 aliphatic heterocycles. The summed E-state index contributed by atoms with van der Waals surface area (Å²) in [6, 6.07) is 3.85. The summed E-state index contributed by atoms with van der Waals surface area (Å²) in [5, 5.41) is 2.70. The van der Waals surface area contributed by atoms with E-state index in [0.29, 0.717) is 12.5 Å². The second-order valence-corrected chi connectivity index (χ2v) is 5.10. The van der Waals surface area contributed by atoms with Gasteiger partial charge in [-0.3, -0.25) is 9.59 Å². The van der Waals surface area contributed by atoms with Crippen molar-refractivity contribution in [2.24, 2.45) is 5.92 Å². The maximum absolute atomic E-state index is 13.6. The lowest BCUT2D eigenvalue weighted by atomic mass is 10.1. The molecule has 1 aromatic carbocycles. The third kappa shape index (κ3) is 4.53. The van der Waals surface area contributed by atoms with Gasteiger partial charge in [-0.2, -0.15) is 0 Å². The Balaban J connectivity index is 2.65. The largest absolute Gasteiger partial charge is 0.399 e. The number of benzene rings is 1. The van der Waals surface area contributed by atoms with E-state index in [4.69, 9.17) is 5.73 Å². The minimum Gasteiger partial charge on any atom is -0.399 e. The zero-order chi connectivity index (χ0) is 15.3. The van der Waals surface area contributed by atoms with Crippen molar-refractivity contribution in [2.75, 3.05) is 25.9 Å². The van der Waals surface area contributed by atoms with E-state index in [1.807, 2.05) is 13.8 Å². The summed E-state index contributed by atoms with van der Waals surface area (Å²) in [5.74, 6) is -1.19. The quantitative estimate of drug-likeness (QED) is 0.798. The highest BCUT2D eigenvalue weighted by molar-refractivity contribution is 5.96. The summed E-state index contributed by atoms with van der Waals surface area (Å²) in [5.41, 5.74) is 5.57. The Kier molecular flexibility index (Phi) is 5.49. The SMILES string of the molecule is CC(C)CNC(=O)CN(C)C(=O)c1ccc(N)cc1F. The zero-order valence-electron chi connectivity index (χ0n) is 11.9. The Bertz CT molecular complexity index is 503. The van der Waals surface area contributed by atoms with Crippen molar-refractivity contribution in [3.8, 4) is 0 Å². The molecule has 1 rings (SSSR count). The van der Waals surface area contributed by atoms with Crippen molar-refractivity contribution in [1.29, 1.82) is 0 Å². The van der Waals surface area contributed by atoms with E-state index in [-0.39, 0.29) is 23.7 Å². The number of halogens is 1. The molecule has 0 aliphatic carbocycles. The first-order valence-electron chi connectivity index (χ1n) is 6.38. The fourth-order valence-corrected chi connectivity index (χ4v) is 1.57. The van der Waals surface area contributed by atoms with Crippen molar-refractivity contribution >= 4 is 17.5 Å². The number of nitrogens with zero attached hydrogens (tertiary/aromatic N) is 1. The summed E-state index contributed by atoms with van der Waals surface area (Å²) in [7, 11) is 1.45. The maximum Gasteiger partial charge on any atom is 0.257 e. The van der Waals surface area contributed by atoms with Crippen molar-refractivity contribution in [3.63, 3.8) is 0 Å². The molecule has 20 heavy (non-hydrogen) atoms. The number of carbonyl (C=O) groups is 2. The molecule has 0 fully saturated rings. The fourth-order valence-electron chi connectivity index (χ4n) is 1.57. The van der Waals surface area contributed by atoms with Crippen molar-refractivity contribution in [2.45, 2.75) is 13.8 Å². The molecule has 1 aromatic rings. The van der Waals surface area contributed by atoms with Crippen LogP contribution in [0, 0.1) is 11.7 Å². The van der Waals surface area contributed by atoms with Crippen LogP contribution >= 0.6 is 0 Å². The first kappa shape index (κ1) is 15.9. The first-order valence-corrected chi connectivity index (χ1v) is 6.38. The smallest absolute Gasteiger partial charge is 0.257 e. The molecule has 110 valence electrons. The van der Waals surface area contributed by atoms with Crippen LogP contribution in [0.5, 0.6) is 0 Å². The van der Waals surface area contributed by atoms with Gasteiger partial charge in [0, 0.05) is 19.3 Å². The third-order valence-corrected chi connectivity index (χ3v) is 2.66. The van der Waals surface area contributed by atoms with Gasteiger partial charge >= 0.3 is 0 Å². The molecule has 0 unspecified atom stereocenters. The first-order chi connectivity index (χ1) is 9.31. The lowest BCUT2D eigenvalue weighted by molar-refractivity contribution is -0.121. The molecule has 0 saturated carbocycles. The van der Waals surface area contributed by atoms with Gasteiger partial charge in [-0.1, -0.05) is 13.8 Å². The van der Waals surface area contributed by atoms with E-state index in [9.17, 15) is 14.0 Å². The molecule has 0 aliphatic rings. The number of carbonyl (C=O) groups excluding carboxylic acids is 2. The van der Waals surface area contributed by atoms with Gasteiger partial charge in [0.05, 0.1) is 12.1 Å². The minimum atomic E-state index is -0.690. The van der Waals surface area contributed by atoms with Gasteiger partial charge < -0.3 is 16.0 Å². The lowest BCUT2D eigenvalue weighted by Gasteiger charge is -2.17. The van der Waals surface area contributed by atoms with E-state index < -0.39 is 11.7 Å². The molecule has 6 heteroatoms. The summed E-state index contributed by atoms with van der Waals surface area (Å²) in [6.45, 7) is 4.37. The Morgan fingerprint density at radius 1 is 1.40 bits per heavy atom. The molecule has 0 atom stereocenters. The van der Waals surface area contributed by atoms with Gasteiger partial charge in [0.25, 0.3) is 5.91 Å². The van der Waals surface area contributed by atoms with Crippen LogP contribution in [0.25, 0.3) is 0 Å². The van der Waals surface area contributed by atoms with Crippen LogP contribution in [0.15, 0.2) is 18.2 Å². The van der Waals surface area contributed by atoms with Gasteiger partial charge in [0.1, 0.15) is 5.82 Å². The molecule has 0 aromatic heterocycles. The van der Waals surface area contributed by atoms with E-state index >= 15 is 0 Å². The van der Waals surface area contributed by atoms with E-state index in [1.165, 1.54) is 24.1 Å². The molecule has 0 saturated heterocycles. The maximum atomic E-state index is 13.6. The summed E-state index contributed by atoms with van der Waals surface area (Å²) in [6.07, 6.45) is 0. The summed E-state index contributed by atoms with van der Waals surface area (Å²) >= 11 is 0. The average Bonchev–Trinajstić information content (AvgIpc) is 2.35. The van der Waals surface area contributed by atoms with Crippen molar-refractivity contribution in [1.82, 2.24) is 10.2 Å². The van der Waals surface area contributed by atoms with E-state index in [1.54, 1.807) is 0 Å². The van der Waals surface area contributed by atoms with Crippen LogP contribution < -0.4 is 11.1 Å². The number of anilines is 1. The van der Waals surface area contributed by atoms with Gasteiger partial charge in [-0.15, -0.1) is 0 Å². The van der Waals surface area contributed by atoms with Crippen molar-refractivity contribution < 1.29 is 14.0 Å². The highest BCUT2D eigenvalue weighted by Gasteiger charge is 2.18. The number of likely N-dealkylation sites (N-methyl/N-ethyl adjacent to an activating group) is 1. The topological polar surface area (TPSA) is 75.4 Å². The number of nitrogen functional groups attached to an aromatic ring is 1. The van der Waals surface area contributed by atoms with Crippen LogP contribution in [0.2, 0.25) is 0 Å². The molecule has 0 spiro atoms. The van der Waals surface area contributed by atoms with Crippen LogP contribution in [0.4, 0.5) is 10.1 Å². The molecule has 0 radical (unpaired) electrons. The minimum absolute atomic E-state index is 0.0987. The molecule has 2 amide bonds. The number of rotatable bonds is 5. The van der Waals surface area contributed by atoms with Gasteiger partial charge in [0.2, 0.25) is 5.91 Å². The molecular formula is C14H20FN3O2. The predicted octanol–water partition coefficient (Wildman–Crippen LogP) is 1.25. The second kappa shape index (κ2) is 6.88. The van der Waals surface area contributed by atoms with Crippen molar-refractivity contribution in [3.05, 3.63) is 29.6 Å². The molecule has 5 nitrogen and oxygen atoms in total. The van der Waals surface area contributed by atoms with Gasteiger partial charge in [-0.25, -0.2) is 4.39 Å². The van der Waals surface area contributed by atoms with Crippen LogP contribution in [0.3, 0.4) is 0 Å². The van der Waals surface area contributed by atoms with Gasteiger partial charge in [0.15, 0.2) is 0 Å². The number of hydrogen-bond donors (Lipinski definition) is 2. The third-order valence-electron chi connectivity index (χ3n) is 2.66. The highest BCUT2D eigenvalue weighted by Crippen LogP contribution is 2.13. The molecular weight excluding hydrogens is 261 g/mol. The Hall–Kier alpha value is -2.11. The monoisotopic (exact) mass is 281 g/mol. The number of amides is 2. The standard InChI is InChI=1S/C14H20FN3O2/c1-9(2)7-17-13(19)8-18(3)14(20)11-5-4-10(16)6-12(11)15/h4-6,9H,7-8,16H2,1-3H3,(H,17,19). The predicted molar refractivity (Wildman–Crippen MR) is 75.6 cm³/mol. The lowest BCUT2D eigenvalue weighted by Crippen LogP contribution is -2.39. The molecule has 0 bridgehead atoms. The molecule has 0 heterocycles. The highest BCUT2D eigenvalue weighted by atomic mass is 19.1. The normalized spacial score (nSPS) is 10.4. The zero-order valence-corrected chi connectivity index (χ0v) is 11.9. The van der Waals surface area contributed by atoms with Crippen LogP contribution in [0.1, 0.15) is 24.2 Å². The number of hydrogen-bond acceptors (Lipinski definition) is 3. The Morgan fingerprint density at radius 2 is 2.05 bits per heavy atom. The summed E-state index contributed by atoms with van der Waals surface area (Å²) in [4.78, 5) is 24.8. The van der Waals surface area contributed by atoms with Crippen LogP contribution in [-0.4, -0.2) is 36.9 Å². The fraction of sp³-hybridized carbons (Fsp3) is 0.429. The average molecular weight is 281 g/mol. The Morgan fingerprint density at radius 3 is 2.60 bits per heavy atom. The van der Waals surface area contributed by atoms with Crippen LogP contribution in [-0.2, 0) is 4.79 Å². The number of nitrogens with two attached hydrogens (primary N) is 1. The van der Waals surface area contributed by atoms with E-state index in [0.717, 1.165) is 6.07 Å². The second-order valence-electron chi connectivity index (χ2n) is 5.10. The molecule has 3 N–H and O–H groups in total. The Labute approximate surface area is 117 Å². The summed E-state index contributed by atoms with van der Waals surface area (Å²) < 4.78 is 13.6. The van der Waals surface area contributed by atoms with Gasteiger partial charge in [-0.05, 0) is 24.1 Å². The number of nitrogens with one attached hydrogen (secondary N) is 1. The van der Waals surface area contributed by atoms with E-state index in [2.05, 4.69) is 5.32 Å².